The van der Waals surface area contributed by atoms with Crippen LogP contribution >= 0.6 is 0 Å². The van der Waals surface area contributed by atoms with Gasteiger partial charge in [-0.25, -0.2) is 0 Å². The second-order valence-corrected chi connectivity index (χ2v) is 5.70. The smallest absolute Gasteiger partial charge is 0.257 e. The molecule has 132 valence electrons. The highest BCUT2D eigenvalue weighted by molar-refractivity contribution is 6.05. The highest BCUT2D eigenvalue weighted by Crippen LogP contribution is 2.16. The molecular weight excluding hydrogens is 320 g/mol. The second-order valence-electron chi connectivity index (χ2n) is 5.70. The number of rotatable bonds is 7. The summed E-state index contributed by atoms with van der Waals surface area (Å²) in [5, 5.41) is 5.55. The van der Waals surface area contributed by atoms with Crippen LogP contribution in [0.2, 0.25) is 0 Å². The van der Waals surface area contributed by atoms with Gasteiger partial charge in [0, 0.05) is 31.2 Å². The molecule has 2 aromatic rings. The molecular formula is C18H22N4O3. The van der Waals surface area contributed by atoms with E-state index in [2.05, 4.69) is 15.6 Å². The van der Waals surface area contributed by atoms with Crippen molar-refractivity contribution < 1.29 is 14.3 Å². The van der Waals surface area contributed by atoms with Crippen LogP contribution in [0, 0.1) is 0 Å². The molecule has 2 amide bonds. The van der Waals surface area contributed by atoms with Gasteiger partial charge in [0.25, 0.3) is 11.8 Å². The Morgan fingerprint density at radius 1 is 1.08 bits per heavy atom. The SMILES string of the molecule is COc1ccc(NC(=O)c2cncc(C(=O)NCCN(C)C)c2)cc1. The maximum Gasteiger partial charge on any atom is 0.257 e. The lowest BCUT2D eigenvalue weighted by Crippen LogP contribution is -2.31. The summed E-state index contributed by atoms with van der Waals surface area (Å²) in [5.41, 5.74) is 1.30. The number of ether oxygens (including phenoxy) is 1. The van der Waals surface area contributed by atoms with E-state index >= 15 is 0 Å². The number of aromatic nitrogens is 1. The predicted molar refractivity (Wildman–Crippen MR) is 96.1 cm³/mol. The zero-order chi connectivity index (χ0) is 18.2. The molecule has 0 aliphatic carbocycles. The number of pyridine rings is 1. The van der Waals surface area contributed by atoms with Gasteiger partial charge in [0.15, 0.2) is 0 Å². The monoisotopic (exact) mass is 342 g/mol. The summed E-state index contributed by atoms with van der Waals surface area (Å²) in [6.45, 7) is 1.25. The van der Waals surface area contributed by atoms with Gasteiger partial charge in [-0.05, 0) is 44.4 Å². The molecule has 0 fully saturated rings. The fourth-order valence-corrected chi connectivity index (χ4v) is 2.06. The second kappa shape index (κ2) is 8.79. The van der Waals surface area contributed by atoms with E-state index in [-0.39, 0.29) is 11.8 Å². The first kappa shape index (κ1) is 18.4. The van der Waals surface area contributed by atoms with Gasteiger partial charge in [-0.2, -0.15) is 0 Å². The summed E-state index contributed by atoms with van der Waals surface area (Å²) >= 11 is 0. The average Bonchev–Trinajstić information content (AvgIpc) is 2.62. The van der Waals surface area contributed by atoms with Gasteiger partial charge in [0.2, 0.25) is 0 Å². The number of benzene rings is 1. The van der Waals surface area contributed by atoms with Gasteiger partial charge in [-0.15, -0.1) is 0 Å². The van der Waals surface area contributed by atoms with Crippen molar-refractivity contribution in [1.82, 2.24) is 15.2 Å². The Hall–Kier alpha value is -2.93. The Kier molecular flexibility index (Phi) is 6.47. The Labute approximate surface area is 147 Å². The molecule has 0 spiro atoms. The van der Waals surface area contributed by atoms with Crippen molar-refractivity contribution in [1.29, 1.82) is 0 Å². The van der Waals surface area contributed by atoms with Crippen molar-refractivity contribution in [2.45, 2.75) is 0 Å². The first-order chi connectivity index (χ1) is 12.0. The molecule has 1 heterocycles. The Morgan fingerprint density at radius 2 is 1.72 bits per heavy atom. The zero-order valence-electron chi connectivity index (χ0n) is 14.6. The first-order valence-electron chi connectivity index (χ1n) is 7.83. The Morgan fingerprint density at radius 3 is 2.32 bits per heavy atom. The quantitative estimate of drug-likeness (QED) is 0.799. The van der Waals surface area contributed by atoms with Crippen molar-refractivity contribution in [3.05, 3.63) is 53.9 Å². The third-order valence-corrected chi connectivity index (χ3v) is 3.46. The number of hydrogen-bond donors (Lipinski definition) is 2. The Bertz CT molecular complexity index is 729. The van der Waals surface area contributed by atoms with E-state index in [4.69, 9.17) is 4.74 Å². The molecule has 0 saturated carbocycles. The van der Waals surface area contributed by atoms with Crippen molar-refractivity contribution >= 4 is 17.5 Å². The fraction of sp³-hybridized carbons (Fsp3) is 0.278. The standard InChI is InChI=1S/C18H22N4O3/c1-22(2)9-8-20-17(23)13-10-14(12-19-11-13)18(24)21-15-4-6-16(25-3)7-5-15/h4-7,10-12H,8-9H2,1-3H3,(H,20,23)(H,21,24). The van der Waals surface area contributed by atoms with E-state index in [1.807, 2.05) is 19.0 Å². The van der Waals surface area contributed by atoms with Gasteiger partial charge in [-0.3, -0.25) is 14.6 Å². The molecule has 2 N–H and O–H groups in total. The number of likely N-dealkylation sites (N-methyl/N-ethyl adjacent to an activating group) is 1. The normalized spacial score (nSPS) is 10.4. The van der Waals surface area contributed by atoms with Crippen molar-refractivity contribution in [3.63, 3.8) is 0 Å². The summed E-state index contributed by atoms with van der Waals surface area (Å²) in [6.07, 6.45) is 2.87. The van der Waals surface area contributed by atoms with Crippen LogP contribution < -0.4 is 15.4 Å². The number of nitrogens with zero attached hydrogens (tertiary/aromatic N) is 2. The molecule has 7 nitrogen and oxygen atoms in total. The summed E-state index contributed by atoms with van der Waals surface area (Å²) in [7, 11) is 5.43. The van der Waals surface area contributed by atoms with Gasteiger partial charge >= 0.3 is 0 Å². The van der Waals surface area contributed by atoms with Crippen LogP contribution in [0.1, 0.15) is 20.7 Å². The third-order valence-electron chi connectivity index (χ3n) is 3.46. The molecule has 0 radical (unpaired) electrons. The topological polar surface area (TPSA) is 83.6 Å². The zero-order valence-corrected chi connectivity index (χ0v) is 14.6. The molecule has 0 atom stereocenters. The van der Waals surface area contributed by atoms with E-state index in [9.17, 15) is 9.59 Å². The molecule has 0 bridgehead atoms. The van der Waals surface area contributed by atoms with Crippen molar-refractivity contribution in [2.75, 3.05) is 39.6 Å². The van der Waals surface area contributed by atoms with Crippen LogP contribution in [0.5, 0.6) is 5.75 Å². The molecule has 1 aromatic carbocycles. The minimum absolute atomic E-state index is 0.256. The largest absolute Gasteiger partial charge is 0.497 e. The van der Waals surface area contributed by atoms with Crippen molar-refractivity contribution in [2.24, 2.45) is 0 Å². The van der Waals surface area contributed by atoms with Crippen LogP contribution in [-0.4, -0.2) is 56.0 Å². The average molecular weight is 342 g/mol. The van der Waals surface area contributed by atoms with Crippen LogP contribution in [0.3, 0.4) is 0 Å². The third kappa shape index (κ3) is 5.58. The molecule has 0 unspecified atom stereocenters. The minimum Gasteiger partial charge on any atom is -0.497 e. The number of methoxy groups -OCH3 is 1. The molecule has 7 heteroatoms. The molecule has 0 saturated heterocycles. The van der Waals surface area contributed by atoms with Gasteiger partial charge in [0.1, 0.15) is 5.75 Å². The van der Waals surface area contributed by atoms with E-state index < -0.39 is 0 Å². The summed E-state index contributed by atoms with van der Waals surface area (Å²) in [6, 6.07) is 8.51. The lowest BCUT2D eigenvalue weighted by Gasteiger charge is -2.11. The number of anilines is 1. The number of nitrogens with one attached hydrogen (secondary N) is 2. The highest BCUT2D eigenvalue weighted by Gasteiger charge is 2.11. The molecule has 25 heavy (non-hydrogen) atoms. The van der Waals surface area contributed by atoms with E-state index in [1.165, 1.54) is 18.5 Å². The molecule has 2 rings (SSSR count). The summed E-state index contributed by atoms with van der Waals surface area (Å²) < 4.78 is 5.08. The van der Waals surface area contributed by atoms with Gasteiger partial charge < -0.3 is 20.3 Å². The molecule has 0 aliphatic rings. The Balaban J connectivity index is 2.01. The lowest BCUT2D eigenvalue weighted by atomic mass is 10.2. The number of carbonyl (C=O) groups excluding carboxylic acids is 2. The van der Waals surface area contributed by atoms with Crippen LogP contribution in [-0.2, 0) is 0 Å². The lowest BCUT2D eigenvalue weighted by molar-refractivity contribution is 0.0950. The van der Waals surface area contributed by atoms with Crippen LogP contribution in [0.4, 0.5) is 5.69 Å². The number of hydrogen-bond acceptors (Lipinski definition) is 5. The number of carbonyl (C=O) groups is 2. The minimum atomic E-state index is -0.333. The van der Waals surface area contributed by atoms with Gasteiger partial charge in [0.05, 0.1) is 18.2 Å². The van der Waals surface area contributed by atoms with E-state index in [1.54, 1.807) is 31.4 Å². The summed E-state index contributed by atoms with van der Waals surface area (Å²) in [5.74, 6) is 0.116. The highest BCUT2D eigenvalue weighted by atomic mass is 16.5. The first-order valence-corrected chi connectivity index (χ1v) is 7.83. The fourth-order valence-electron chi connectivity index (χ4n) is 2.06. The van der Waals surface area contributed by atoms with Crippen molar-refractivity contribution in [3.8, 4) is 5.75 Å². The predicted octanol–water partition coefficient (Wildman–Crippen LogP) is 1.63. The van der Waals surface area contributed by atoms with E-state index in [0.717, 1.165) is 6.54 Å². The maximum atomic E-state index is 12.3. The molecule has 1 aromatic heterocycles. The van der Waals surface area contributed by atoms with E-state index in [0.29, 0.717) is 29.1 Å². The molecule has 0 aliphatic heterocycles. The summed E-state index contributed by atoms with van der Waals surface area (Å²) in [4.78, 5) is 30.4. The van der Waals surface area contributed by atoms with Crippen LogP contribution in [0.15, 0.2) is 42.7 Å². The maximum absolute atomic E-state index is 12.3. The van der Waals surface area contributed by atoms with Crippen LogP contribution in [0.25, 0.3) is 0 Å². The number of amides is 2. The van der Waals surface area contributed by atoms with Gasteiger partial charge in [-0.1, -0.05) is 0 Å².